The van der Waals surface area contributed by atoms with Crippen LogP contribution in [0.3, 0.4) is 0 Å². The molecular weight excluding hydrogens is 520 g/mol. The summed E-state index contributed by atoms with van der Waals surface area (Å²) in [4.78, 5) is 8.89. The van der Waals surface area contributed by atoms with E-state index in [4.69, 9.17) is 9.72 Å². The van der Waals surface area contributed by atoms with Crippen LogP contribution in [-0.2, 0) is 11.6 Å². The van der Waals surface area contributed by atoms with Gasteiger partial charge in [0.25, 0.3) is 6.71 Å². The number of halogens is 3. The van der Waals surface area contributed by atoms with Gasteiger partial charge < -0.3 is 4.74 Å². The number of nitrogens with zero attached hydrogens (tertiary/aromatic N) is 2. The highest BCUT2D eigenvalue weighted by molar-refractivity contribution is 6.98. The number of ether oxygens (including phenoxy) is 1. The van der Waals surface area contributed by atoms with Crippen molar-refractivity contribution in [3.63, 3.8) is 0 Å². The first kappa shape index (κ1) is 26.8. The molecule has 0 saturated carbocycles. The number of aryl methyl sites for hydroxylation is 1. The summed E-state index contributed by atoms with van der Waals surface area (Å²) in [6.45, 7) is 8.43. The lowest BCUT2D eigenvalue weighted by Crippen LogP contribution is -2.50. The van der Waals surface area contributed by atoms with Crippen LogP contribution in [0.2, 0.25) is 0 Å². The Labute approximate surface area is 238 Å². The topological polar surface area (TPSA) is 35.0 Å². The molecule has 5 aromatic rings. The third-order valence-electron chi connectivity index (χ3n) is 7.54. The standard InChI is InChI=1S/C34H28BF3N2O/c1-21-8-11-29-28(15-21)27-10-9-22(18-30(27)35(29)31-20-24(12-14-39-31)33(2,3)4)23-16-25(34(36,37)38)19-26(17-23)41-32-7-5-6-13-40-32/h5-20H,1-4H3. The van der Waals surface area contributed by atoms with Crippen molar-refractivity contribution < 1.29 is 17.9 Å². The molecule has 1 aliphatic rings. The highest BCUT2D eigenvalue weighted by Crippen LogP contribution is 2.37. The quantitative estimate of drug-likeness (QED) is 0.222. The second-order valence-electron chi connectivity index (χ2n) is 11.6. The minimum Gasteiger partial charge on any atom is -0.439 e. The second kappa shape index (κ2) is 9.91. The van der Waals surface area contributed by atoms with Gasteiger partial charge in [-0.25, -0.2) is 4.98 Å². The maximum Gasteiger partial charge on any atom is 0.416 e. The Morgan fingerprint density at radius 3 is 2.24 bits per heavy atom. The first-order valence-electron chi connectivity index (χ1n) is 13.5. The maximum atomic E-state index is 14.0. The van der Waals surface area contributed by atoms with Gasteiger partial charge in [0.1, 0.15) is 5.75 Å². The van der Waals surface area contributed by atoms with Crippen molar-refractivity contribution in [3.05, 3.63) is 114 Å². The molecule has 0 unspecified atom stereocenters. The van der Waals surface area contributed by atoms with E-state index in [1.165, 1.54) is 17.8 Å². The summed E-state index contributed by atoms with van der Waals surface area (Å²) >= 11 is 0. The van der Waals surface area contributed by atoms with E-state index >= 15 is 0 Å². The molecule has 0 radical (unpaired) electrons. The van der Waals surface area contributed by atoms with E-state index in [1.807, 2.05) is 30.5 Å². The van der Waals surface area contributed by atoms with E-state index in [0.29, 0.717) is 11.1 Å². The highest BCUT2D eigenvalue weighted by atomic mass is 19.4. The molecule has 1 aliphatic heterocycles. The fourth-order valence-electron chi connectivity index (χ4n) is 5.46. The Morgan fingerprint density at radius 2 is 1.51 bits per heavy atom. The summed E-state index contributed by atoms with van der Waals surface area (Å²) < 4.78 is 47.7. The first-order chi connectivity index (χ1) is 19.5. The predicted octanol–water partition coefficient (Wildman–Crippen LogP) is 7.06. The smallest absolute Gasteiger partial charge is 0.416 e. The Bertz CT molecular complexity index is 1760. The fraction of sp³-hybridized carbons (Fsp3) is 0.176. The molecule has 0 N–H and O–H groups in total. The van der Waals surface area contributed by atoms with Gasteiger partial charge in [-0.3, -0.25) is 4.98 Å². The molecular formula is C34H28BF3N2O. The van der Waals surface area contributed by atoms with Crippen LogP contribution >= 0.6 is 0 Å². The lowest BCUT2D eigenvalue weighted by atomic mass is 9.40. The number of fused-ring (bicyclic) bond motifs is 3. The summed E-state index contributed by atoms with van der Waals surface area (Å²) in [5.41, 5.74) is 7.84. The number of rotatable bonds is 4. The van der Waals surface area contributed by atoms with E-state index < -0.39 is 11.7 Å². The largest absolute Gasteiger partial charge is 0.439 e. The van der Waals surface area contributed by atoms with Crippen molar-refractivity contribution in [2.75, 3.05) is 0 Å². The van der Waals surface area contributed by atoms with E-state index in [-0.39, 0.29) is 23.8 Å². The van der Waals surface area contributed by atoms with Crippen LogP contribution in [0.5, 0.6) is 11.6 Å². The van der Waals surface area contributed by atoms with Gasteiger partial charge in [-0.1, -0.05) is 79.7 Å². The molecule has 0 spiro atoms. The van der Waals surface area contributed by atoms with Crippen LogP contribution in [0.1, 0.15) is 37.5 Å². The van der Waals surface area contributed by atoms with Gasteiger partial charge in [0.15, 0.2) is 0 Å². The van der Waals surface area contributed by atoms with Crippen molar-refractivity contribution in [2.45, 2.75) is 39.3 Å². The van der Waals surface area contributed by atoms with Gasteiger partial charge in [-0.2, -0.15) is 13.2 Å². The number of pyridine rings is 2. The molecule has 2 aromatic heterocycles. The van der Waals surface area contributed by atoms with E-state index in [1.54, 1.807) is 24.3 Å². The Kier molecular flexibility index (Phi) is 6.48. The monoisotopic (exact) mass is 548 g/mol. The average Bonchev–Trinajstić information content (AvgIpc) is 3.25. The molecule has 0 bridgehead atoms. The highest BCUT2D eigenvalue weighted by Gasteiger charge is 2.36. The lowest BCUT2D eigenvalue weighted by molar-refractivity contribution is -0.137. The number of hydrogen-bond acceptors (Lipinski definition) is 3. The maximum absolute atomic E-state index is 14.0. The zero-order valence-corrected chi connectivity index (χ0v) is 23.3. The molecule has 0 amide bonds. The van der Waals surface area contributed by atoms with E-state index in [9.17, 15) is 13.2 Å². The molecule has 3 nitrogen and oxygen atoms in total. The molecule has 0 fully saturated rings. The van der Waals surface area contributed by atoms with Gasteiger partial charge in [0.2, 0.25) is 5.88 Å². The van der Waals surface area contributed by atoms with Crippen LogP contribution in [0.4, 0.5) is 13.2 Å². The molecule has 0 atom stereocenters. The minimum atomic E-state index is -4.54. The summed E-state index contributed by atoms with van der Waals surface area (Å²) in [5, 5.41) is 0. The van der Waals surface area contributed by atoms with Crippen molar-refractivity contribution in [2.24, 2.45) is 0 Å². The molecule has 41 heavy (non-hydrogen) atoms. The van der Waals surface area contributed by atoms with Crippen molar-refractivity contribution in [3.8, 4) is 33.9 Å². The molecule has 0 saturated heterocycles. The van der Waals surface area contributed by atoms with Crippen LogP contribution < -0.4 is 21.3 Å². The molecule has 0 aliphatic carbocycles. The van der Waals surface area contributed by atoms with Gasteiger partial charge in [-0.05, 0) is 76.6 Å². The lowest BCUT2D eigenvalue weighted by Gasteiger charge is -2.21. The molecule has 204 valence electrons. The van der Waals surface area contributed by atoms with Crippen LogP contribution in [0.25, 0.3) is 22.3 Å². The minimum absolute atomic E-state index is 0.0564. The van der Waals surface area contributed by atoms with Crippen molar-refractivity contribution >= 4 is 23.2 Å². The van der Waals surface area contributed by atoms with Crippen molar-refractivity contribution in [1.82, 2.24) is 9.97 Å². The van der Waals surface area contributed by atoms with Gasteiger partial charge in [0, 0.05) is 24.1 Å². The third kappa shape index (κ3) is 5.24. The van der Waals surface area contributed by atoms with Gasteiger partial charge >= 0.3 is 6.18 Å². The molecule has 3 heterocycles. The van der Waals surface area contributed by atoms with Crippen molar-refractivity contribution in [1.29, 1.82) is 0 Å². The number of benzene rings is 3. The first-order valence-corrected chi connectivity index (χ1v) is 13.5. The third-order valence-corrected chi connectivity index (χ3v) is 7.54. The van der Waals surface area contributed by atoms with Gasteiger partial charge in [-0.15, -0.1) is 0 Å². The van der Waals surface area contributed by atoms with Crippen LogP contribution in [-0.4, -0.2) is 16.7 Å². The summed E-state index contributed by atoms with van der Waals surface area (Å²) in [6.07, 6.45) is -1.16. The second-order valence-corrected chi connectivity index (χ2v) is 11.6. The average molecular weight is 548 g/mol. The number of hydrogen-bond donors (Lipinski definition) is 0. The van der Waals surface area contributed by atoms with Crippen LogP contribution in [0.15, 0.2) is 97.3 Å². The number of alkyl halides is 3. The Morgan fingerprint density at radius 1 is 0.683 bits per heavy atom. The van der Waals surface area contributed by atoms with Crippen LogP contribution in [0, 0.1) is 6.92 Å². The Balaban J connectivity index is 1.50. The summed E-state index contributed by atoms with van der Waals surface area (Å²) in [5.74, 6) is 0.298. The summed E-state index contributed by atoms with van der Waals surface area (Å²) in [7, 11) is 0. The fourth-order valence-corrected chi connectivity index (χ4v) is 5.46. The molecule has 3 aromatic carbocycles. The van der Waals surface area contributed by atoms with Gasteiger partial charge in [0.05, 0.1) is 5.56 Å². The zero-order valence-electron chi connectivity index (χ0n) is 23.3. The number of aromatic nitrogens is 2. The SMILES string of the molecule is Cc1ccc2c(c1)-c1ccc(-c3cc(Oc4ccccn4)cc(C(F)(F)F)c3)cc1B2c1cc(C(C)(C)C)ccn1. The van der Waals surface area contributed by atoms with E-state index in [0.717, 1.165) is 39.3 Å². The predicted molar refractivity (Wildman–Crippen MR) is 159 cm³/mol. The zero-order chi connectivity index (χ0) is 28.9. The van der Waals surface area contributed by atoms with E-state index in [2.05, 4.69) is 56.9 Å². The summed E-state index contributed by atoms with van der Waals surface area (Å²) in [6, 6.07) is 25.4. The molecule has 6 rings (SSSR count). The molecule has 7 heteroatoms. The normalized spacial score (nSPS) is 12.7. The Hall–Kier alpha value is -4.39.